The number of nitrogens with one attached hydrogen (secondary N) is 2. The second-order valence-electron chi connectivity index (χ2n) is 7.96. The number of aliphatic imine (C=N–C) groups is 1. The van der Waals surface area contributed by atoms with Crippen molar-refractivity contribution in [1.82, 2.24) is 20.8 Å². The molecule has 29 heavy (non-hydrogen) atoms. The summed E-state index contributed by atoms with van der Waals surface area (Å²) in [6.45, 7) is 6.00. The van der Waals surface area contributed by atoms with Gasteiger partial charge in [0.05, 0.1) is 6.10 Å². The SMILES string of the molecule is CN=C(NCCc1nc(-c2cccc(Cl)c2)no1)NC1C2CCOC2C1(C)C.I. The lowest BCUT2D eigenvalue weighted by Gasteiger charge is -2.54. The van der Waals surface area contributed by atoms with Crippen LogP contribution >= 0.6 is 35.6 Å². The van der Waals surface area contributed by atoms with Crippen molar-refractivity contribution in [1.29, 1.82) is 0 Å². The summed E-state index contributed by atoms with van der Waals surface area (Å²) in [6.07, 6.45) is 2.07. The Morgan fingerprint density at radius 1 is 1.38 bits per heavy atom. The zero-order chi connectivity index (χ0) is 19.7. The normalized spacial score (nSPS) is 25.0. The minimum Gasteiger partial charge on any atom is -0.377 e. The molecular weight excluding hydrogens is 505 g/mol. The number of hydrogen-bond donors (Lipinski definition) is 2. The van der Waals surface area contributed by atoms with Gasteiger partial charge in [-0.3, -0.25) is 4.99 Å². The van der Waals surface area contributed by atoms with E-state index in [0.717, 1.165) is 24.6 Å². The zero-order valence-corrected chi connectivity index (χ0v) is 19.9. The van der Waals surface area contributed by atoms with E-state index in [-0.39, 0.29) is 29.4 Å². The van der Waals surface area contributed by atoms with Crippen molar-refractivity contribution in [2.45, 2.75) is 38.8 Å². The van der Waals surface area contributed by atoms with E-state index in [0.29, 0.717) is 47.8 Å². The molecule has 4 rings (SSSR count). The minimum atomic E-state index is 0. The van der Waals surface area contributed by atoms with Crippen LogP contribution in [-0.2, 0) is 11.2 Å². The summed E-state index contributed by atoms with van der Waals surface area (Å²) < 4.78 is 11.2. The molecule has 0 spiro atoms. The molecule has 2 N–H and O–H groups in total. The third kappa shape index (κ3) is 4.54. The number of benzene rings is 1. The van der Waals surface area contributed by atoms with E-state index in [1.54, 1.807) is 7.05 Å². The molecule has 2 aliphatic rings. The van der Waals surface area contributed by atoms with Crippen molar-refractivity contribution in [3.8, 4) is 11.4 Å². The molecule has 0 bridgehead atoms. The van der Waals surface area contributed by atoms with Gasteiger partial charge in [-0.05, 0) is 18.6 Å². The topological polar surface area (TPSA) is 84.6 Å². The first-order chi connectivity index (χ1) is 13.5. The number of hydrogen-bond acceptors (Lipinski definition) is 5. The molecule has 1 saturated carbocycles. The fraction of sp³-hybridized carbons (Fsp3) is 0.550. The first kappa shape index (κ1) is 22.3. The van der Waals surface area contributed by atoms with E-state index in [4.69, 9.17) is 20.9 Å². The first-order valence-electron chi connectivity index (χ1n) is 9.66. The Hall–Kier alpha value is -1.39. The standard InChI is InChI=1S/C20H26ClN5O2.HI/c1-20(2)16(14-8-10-27-17(14)20)25-19(22-3)23-9-7-15-24-18(26-28-15)12-5-4-6-13(21)11-12;/h4-6,11,14,16-17H,7-10H2,1-3H3,(H2,22,23,25);1H. The highest BCUT2D eigenvalue weighted by Crippen LogP contribution is 2.52. The average molecular weight is 532 g/mol. The van der Waals surface area contributed by atoms with Crippen LogP contribution in [0.4, 0.5) is 0 Å². The van der Waals surface area contributed by atoms with Gasteiger partial charge in [0.2, 0.25) is 11.7 Å². The lowest BCUT2D eigenvalue weighted by atomic mass is 9.57. The molecule has 7 nitrogen and oxygen atoms in total. The van der Waals surface area contributed by atoms with Crippen LogP contribution in [0.1, 0.15) is 26.2 Å². The summed E-state index contributed by atoms with van der Waals surface area (Å²) in [7, 11) is 1.79. The van der Waals surface area contributed by atoms with Crippen LogP contribution in [0, 0.1) is 11.3 Å². The number of nitrogens with zero attached hydrogens (tertiary/aromatic N) is 3. The van der Waals surface area contributed by atoms with Crippen LogP contribution in [0.15, 0.2) is 33.8 Å². The van der Waals surface area contributed by atoms with Gasteiger partial charge in [0.15, 0.2) is 5.96 Å². The Morgan fingerprint density at radius 2 is 2.21 bits per heavy atom. The van der Waals surface area contributed by atoms with Crippen LogP contribution in [0.25, 0.3) is 11.4 Å². The number of rotatable bonds is 5. The van der Waals surface area contributed by atoms with E-state index in [9.17, 15) is 0 Å². The largest absolute Gasteiger partial charge is 0.377 e. The van der Waals surface area contributed by atoms with E-state index in [1.807, 2.05) is 24.3 Å². The molecule has 9 heteroatoms. The van der Waals surface area contributed by atoms with Crippen molar-refractivity contribution in [3.05, 3.63) is 35.2 Å². The van der Waals surface area contributed by atoms with E-state index in [1.165, 1.54) is 0 Å². The van der Waals surface area contributed by atoms with Crippen LogP contribution in [0.2, 0.25) is 5.02 Å². The molecule has 0 radical (unpaired) electrons. The van der Waals surface area contributed by atoms with Gasteiger partial charge >= 0.3 is 0 Å². The molecule has 2 heterocycles. The van der Waals surface area contributed by atoms with Gasteiger partial charge in [0.1, 0.15) is 0 Å². The Balaban J connectivity index is 0.00000240. The summed E-state index contributed by atoms with van der Waals surface area (Å²) in [4.78, 5) is 8.80. The molecule has 0 amide bonds. The predicted molar refractivity (Wildman–Crippen MR) is 124 cm³/mol. The van der Waals surface area contributed by atoms with Gasteiger partial charge in [-0.2, -0.15) is 4.98 Å². The minimum absolute atomic E-state index is 0. The Bertz CT molecular complexity index is 872. The van der Waals surface area contributed by atoms with Crippen LogP contribution < -0.4 is 10.6 Å². The summed E-state index contributed by atoms with van der Waals surface area (Å²) in [6, 6.07) is 7.78. The maximum atomic E-state index is 6.02. The fourth-order valence-corrected chi connectivity index (χ4v) is 4.54. The number of ether oxygens (including phenoxy) is 1. The van der Waals surface area contributed by atoms with Gasteiger partial charge in [0, 0.05) is 54.6 Å². The van der Waals surface area contributed by atoms with Crippen molar-refractivity contribution in [2.24, 2.45) is 16.3 Å². The molecule has 2 fully saturated rings. The molecule has 1 aromatic carbocycles. The number of aromatic nitrogens is 2. The summed E-state index contributed by atoms with van der Waals surface area (Å²) in [5.41, 5.74) is 0.949. The van der Waals surface area contributed by atoms with Gasteiger partial charge < -0.3 is 19.9 Å². The molecular formula is C20H27ClIN5O2. The molecule has 3 unspecified atom stereocenters. The molecule has 2 aromatic rings. The second kappa shape index (κ2) is 9.18. The highest BCUT2D eigenvalue weighted by molar-refractivity contribution is 14.0. The highest BCUT2D eigenvalue weighted by atomic mass is 127. The third-order valence-electron chi connectivity index (χ3n) is 5.80. The number of halogens is 2. The molecule has 158 valence electrons. The second-order valence-corrected chi connectivity index (χ2v) is 8.39. The quantitative estimate of drug-likeness (QED) is 0.349. The third-order valence-corrected chi connectivity index (χ3v) is 6.03. The van der Waals surface area contributed by atoms with Crippen molar-refractivity contribution in [2.75, 3.05) is 20.2 Å². The lowest BCUT2D eigenvalue weighted by Crippen LogP contribution is -2.68. The van der Waals surface area contributed by atoms with Crippen molar-refractivity contribution >= 4 is 41.5 Å². The van der Waals surface area contributed by atoms with Gasteiger partial charge in [-0.1, -0.05) is 42.7 Å². The Kier molecular flexibility index (Phi) is 7.06. The fourth-order valence-electron chi connectivity index (χ4n) is 4.35. The van der Waals surface area contributed by atoms with Crippen LogP contribution in [0.3, 0.4) is 0 Å². The van der Waals surface area contributed by atoms with E-state index < -0.39 is 0 Å². The maximum Gasteiger partial charge on any atom is 0.228 e. The monoisotopic (exact) mass is 531 g/mol. The summed E-state index contributed by atoms with van der Waals surface area (Å²) in [5.74, 6) is 2.47. The summed E-state index contributed by atoms with van der Waals surface area (Å²) in [5, 5.41) is 11.6. The lowest BCUT2D eigenvalue weighted by molar-refractivity contribution is -0.106. The van der Waals surface area contributed by atoms with Crippen molar-refractivity contribution < 1.29 is 9.26 Å². The zero-order valence-electron chi connectivity index (χ0n) is 16.8. The van der Waals surface area contributed by atoms with Gasteiger partial charge in [-0.15, -0.1) is 24.0 Å². The van der Waals surface area contributed by atoms with E-state index in [2.05, 4.69) is 39.6 Å². The maximum absolute atomic E-state index is 6.02. The predicted octanol–water partition coefficient (Wildman–Crippen LogP) is 3.53. The molecule has 1 aliphatic heterocycles. The Labute approximate surface area is 193 Å². The average Bonchev–Trinajstić information content (AvgIpc) is 3.33. The summed E-state index contributed by atoms with van der Waals surface area (Å²) >= 11 is 6.02. The van der Waals surface area contributed by atoms with Crippen LogP contribution in [-0.4, -0.2) is 48.4 Å². The van der Waals surface area contributed by atoms with Gasteiger partial charge in [0.25, 0.3) is 0 Å². The smallest absolute Gasteiger partial charge is 0.228 e. The molecule has 1 aromatic heterocycles. The first-order valence-corrected chi connectivity index (χ1v) is 10.0. The number of fused-ring (bicyclic) bond motifs is 1. The highest BCUT2D eigenvalue weighted by Gasteiger charge is 2.59. The van der Waals surface area contributed by atoms with Gasteiger partial charge in [-0.25, -0.2) is 0 Å². The Morgan fingerprint density at radius 3 is 2.97 bits per heavy atom. The molecule has 1 aliphatic carbocycles. The van der Waals surface area contributed by atoms with E-state index >= 15 is 0 Å². The number of guanidine groups is 1. The molecule has 1 saturated heterocycles. The molecule has 3 atom stereocenters. The van der Waals surface area contributed by atoms with Crippen LogP contribution in [0.5, 0.6) is 0 Å². The van der Waals surface area contributed by atoms with Crippen molar-refractivity contribution in [3.63, 3.8) is 0 Å².